The van der Waals surface area contributed by atoms with Crippen molar-refractivity contribution < 1.29 is 13.5 Å². The number of benzene rings is 1. The van der Waals surface area contributed by atoms with Crippen molar-refractivity contribution in [3.8, 4) is 0 Å². The smallest absolute Gasteiger partial charge is 0.126 e. The molecule has 0 aromatic heterocycles. The second-order valence-electron chi connectivity index (χ2n) is 5.07. The molecule has 2 rings (SSSR count). The number of ether oxygens (including phenoxy) is 1. The molecule has 1 fully saturated rings. The number of hydrogen-bond donors (Lipinski definition) is 1. The number of hydrogen-bond acceptors (Lipinski definition) is 2. The van der Waals surface area contributed by atoms with E-state index in [9.17, 15) is 8.78 Å². The number of rotatable bonds is 4. The molecule has 4 heteroatoms. The summed E-state index contributed by atoms with van der Waals surface area (Å²) in [5.74, 6) is -0.733. The Kier molecular flexibility index (Phi) is 3.97. The minimum absolute atomic E-state index is 0.0487. The van der Waals surface area contributed by atoms with Gasteiger partial charge in [0, 0.05) is 18.6 Å². The Morgan fingerprint density at radius 3 is 2.83 bits per heavy atom. The van der Waals surface area contributed by atoms with Crippen molar-refractivity contribution in [1.29, 1.82) is 0 Å². The van der Waals surface area contributed by atoms with E-state index in [1.54, 1.807) is 0 Å². The third kappa shape index (κ3) is 2.54. The molecule has 0 spiro atoms. The Hall–Kier alpha value is -1.00. The van der Waals surface area contributed by atoms with Gasteiger partial charge in [-0.3, -0.25) is 0 Å². The van der Waals surface area contributed by atoms with Gasteiger partial charge in [0.2, 0.25) is 0 Å². The van der Waals surface area contributed by atoms with Gasteiger partial charge < -0.3 is 10.1 Å². The third-order valence-corrected chi connectivity index (χ3v) is 3.91. The summed E-state index contributed by atoms with van der Waals surface area (Å²) >= 11 is 0. The molecule has 0 bridgehead atoms. The van der Waals surface area contributed by atoms with Crippen LogP contribution < -0.4 is 5.32 Å². The molecular formula is C14H19F2NO. The highest BCUT2D eigenvalue weighted by Crippen LogP contribution is 2.38. The van der Waals surface area contributed by atoms with Crippen LogP contribution in [0, 0.1) is 17.0 Å². The lowest BCUT2D eigenvalue weighted by molar-refractivity contribution is 0.0635. The predicted octanol–water partition coefficient (Wildman–Crippen LogP) is 2.52. The molecule has 1 aliphatic heterocycles. The highest BCUT2D eigenvalue weighted by molar-refractivity contribution is 5.21. The van der Waals surface area contributed by atoms with E-state index in [1.165, 1.54) is 12.1 Å². The zero-order valence-electron chi connectivity index (χ0n) is 10.8. The van der Waals surface area contributed by atoms with Gasteiger partial charge in [0.25, 0.3) is 0 Å². The van der Waals surface area contributed by atoms with Gasteiger partial charge in [-0.25, -0.2) is 8.78 Å². The topological polar surface area (TPSA) is 21.3 Å². The van der Waals surface area contributed by atoms with Crippen LogP contribution in [0.5, 0.6) is 0 Å². The lowest BCUT2D eigenvalue weighted by Crippen LogP contribution is -2.40. The van der Waals surface area contributed by atoms with Crippen LogP contribution in [0.4, 0.5) is 8.78 Å². The summed E-state index contributed by atoms with van der Waals surface area (Å²) in [5, 5.41) is 3.14. The van der Waals surface area contributed by atoms with Crippen LogP contribution in [0.15, 0.2) is 18.2 Å². The summed E-state index contributed by atoms with van der Waals surface area (Å²) in [6.45, 7) is 3.42. The first-order valence-corrected chi connectivity index (χ1v) is 6.27. The SMILES string of the molecule is CNCC1(Cc2cc(F)ccc2F)CCOC1C. The summed E-state index contributed by atoms with van der Waals surface area (Å²) in [6.07, 6.45) is 1.41. The molecule has 100 valence electrons. The summed E-state index contributed by atoms with van der Waals surface area (Å²) < 4.78 is 32.6. The van der Waals surface area contributed by atoms with Gasteiger partial charge in [-0.15, -0.1) is 0 Å². The molecule has 0 aliphatic carbocycles. The first-order valence-electron chi connectivity index (χ1n) is 6.27. The van der Waals surface area contributed by atoms with Crippen molar-refractivity contribution in [2.75, 3.05) is 20.2 Å². The molecule has 2 nitrogen and oxygen atoms in total. The fourth-order valence-electron chi connectivity index (χ4n) is 2.76. The van der Waals surface area contributed by atoms with Crippen LogP contribution >= 0.6 is 0 Å². The van der Waals surface area contributed by atoms with E-state index in [0.717, 1.165) is 19.0 Å². The van der Waals surface area contributed by atoms with E-state index in [2.05, 4.69) is 5.32 Å². The van der Waals surface area contributed by atoms with Crippen LogP contribution in [-0.4, -0.2) is 26.3 Å². The Morgan fingerprint density at radius 1 is 1.44 bits per heavy atom. The molecule has 1 aromatic rings. The monoisotopic (exact) mass is 255 g/mol. The minimum Gasteiger partial charge on any atom is -0.378 e. The maximum absolute atomic E-state index is 13.7. The fraction of sp³-hybridized carbons (Fsp3) is 0.571. The van der Waals surface area contributed by atoms with Gasteiger partial charge in [0.15, 0.2) is 0 Å². The van der Waals surface area contributed by atoms with Gasteiger partial charge in [-0.2, -0.15) is 0 Å². The average molecular weight is 255 g/mol. The van der Waals surface area contributed by atoms with Crippen molar-refractivity contribution in [3.05, 3.63) is 35.4 Å². The molecule has 1 saturated heterocycles. The highest BCUT2D eigenvalue weighted by Gasteiger charge is 2.41. The number of nitrogens with one attached hydrogen (secondary N) is 1. The van der Waals surface area contributed by atoms with Crippen LogP contribution in [-0.2, 0) is 11.2 Å². The average Bonchev–Trinajstić information content (AvgIpc) is 2.66. The Labute approximate surface area is 106 Å². The second kappa shape index (κ2) is 5.33. The van der Waals surface area contributed by atoms with Crippen molar-refractivity contribution in [3.63, 3.8) is 0 Å². The highest BCUT2D eigenvalue weighted by atomic mass is 19.1. The van der Waals surface area contributed by atoms with Gasteiger partial charge in [0.05, 0.1) is 6.10 Å². The van der Waals surface area contributed by atoms with Gasteiger partial charge in [-0.05, 0) is 50.6 Å². The first-order chi connectivity index (χ1) is 8.57. The summed E-state index contributed by atoms with van der Waals surface area (Å²) in [5.41, 5.74) is 0.284. The molecule has 1 aliphatic rings. The zero-order chi connectivity index (χ0) is 13.2. The van der Waals surface area contributed by atoms with Crippen molar-refractivity contribution in [1.82, 2.24) is 5.32 Å². The normalized spacial score (nSPS) is 27.7. The molecule has 0 radical (unpaired) electrons. The van der Waals surface area contributed by atoms with E-state index in [4.69, 9.17) is 4.74 Å². The van der Waals surface area contributed by atoms with E-state index < -0.39 is 5.82 Å². The molecule has 0 saturated carbocycles. The second-order valence-corrected chi connectivity index (χ2v) is 5.07. The van der Waals surface area contributed by atoms with Crippen LogP contribution in [0.25, 0.3) is 0 Å². The predicted molar refractivity (Wildman–Crippen MR) is 66.5 cm³/mol. The molecule has 0 amide bonds. The van der Waals surface area contributed by atoms with E-state index >= 15 is 0 Å². The summed E-state index contributed by atoms with van der Waals surface area (Å²) in [7, 11) is 1.87. The van der Waals surface area contributed by atoms with Gasteiger partial charge >= 0.3 is 0 Å². The lowest BCUT2D eigenvalue weighted by Gasteiger charge is -2.32. The molecule has 1 aromatic carbocycles. The van der Waals surface area contributed by atoms with Crippen molar-refractivity contribution in [2.45, 2.75) is 25.9 Å². The van der Waals surface area contributed by atoms with E-state index in [1.807, 2.05) is 14.0 Å². The maximum Gasteiger partial charge on any atom is 0.126 e. The van der Waals surface area contributed by atoms with Gasteiger partial charge in [0.1, 0.15) is 11.6 Å². The summed E-state index contributed by atoms with van der Waals surface area (Å²) in [4.78, 5) is 0. The van der Waals surface area contributed by atoms with Crippen molar-refractivity contribution in [2.24, 2.45) is 5.41 Å². The molecule has 2 atom stereocenters. The molecule has 1 N–H and O–H groups in total. The number of halogens is 2. The Morgan fingerprint density at radius 2 is 2.22 bits per heavy atom. The quantitative estimate of drug-likeness (QED) is 0.892. The van der Waals surface area contributed by atoms with Crippen LogP contribution in [0.1, 0.15) is 18.9 Å². The maximum atomic E-state index is 13.7. The van der Waals surface area contributed by atoms with Gasteiger partial charge in [-0.1, -0.05) is 0 Å². The standard InChI is InChI=1S/C14H19F2NO/c1-10-14(9-17-2,5-6-18-10)8-11-7-12(15)3-4-13(11)16/h3-4,7,10,17H,5-6,8-9H2,1-2H3. The Balaban J connectivity index is 2.26. The largest absolute Gasteiger partial charge is 0.378 e. The molecular weight excluding hydrogens is 236 g/mol. The van der Waals surface area contributed by atoms with Crippen LogP contribution in [0.3, 0.4) is 0 Å². The van der Waals surface area contributed by atoms with E-state index in [-0.39, 0.29) is 17.3 Å². The Bertz CT molecular complexity index is 424. The third-order valence-electron chi connectivity index (χ3n) is 3.91. The molecule has 2 unspecified atom stereocenters. The summed E-state index contributed by atoms with van der Waals surface area (Å²) in [6, 6.07) is 3.63. The van der Waals surface area contributed by atoms with Crippen LogP contribution in [0.2, 0.25) is 0 Å². The van der Waals surface area contributed by atoms with Crippen molar-refractivity contribution >= 4 is 0 Å². The first kappa shape index (κ1) is 13.4. The fourth-order valence-corrected chi connectivity index (χ4v) is 2.76. The molecule has 1 heterocycles. The minimum atomic E-state index is -0.391. The van der Waals surface area contributed by atoms with E-state index in [0.29, 0.717) is 18.6 Å². The lowest BCUT2D eigenvalue weighted by atomic mass is 9.76. The molecule has 18 heavy (non-hydrogen) atoms. The zero-order valence-corrected chi connectivity index (χ0v) is 10.8.